The molecule has 1 spiro atoms. The molecule has 1 unspecified atom stereocenters. The van der Waals surface area contributed by atoms with Crippen LogP contribution in [-0.2, 0) is 16.1 Å². The summed E-state index contributed by atoms with van der Waals surface area (Å²) in [5.41, 5.74) is 1.39. The van der Waals surface area contributed by atoms with Crippen LogP contribution in [0.4, 0.5) is 10.5 Å². The Morgan fingerprint density at radius 3 is 2.28 bits per heavy atom. The number of piperidine rings is 1. The van der Waals surface area contributed by atoms with Gasteiger partial charge in [0.05, 0.1) is 5.56 Å². The summed E-state index contributed by atoms with van der Waals surface area (Å²) in [6.45, 7) is 2.77. The molecule has 168 valence electrons. The lowest BCUT2D eigenvalue weighted by atomic mass is 9.85. The molecule has 2 fully saturated rings. The molecule has 2 saturated heterocycles. The molecule has 8 heteroatoms. The van der Waals surface area contributed by atoms with Crippen LogP contribution in [0.3, 0.4) is 0 Å². The van der Waals surface area contributed by atoms with E-state index in [0.717, 1.165) is 11.3 Å². The van der Waals surface area contributed by atoms with Crippen molar-refractivity contribution < 1.29 is 24.2 Å². The number of likely N-dealkylation sites (tertiary alicyclic amines) is 1. The number of carbonyl (C=O) groups is 3. The zero-order valence-corrected chi connectivity index (χ0v) is 18.2. The van der Waals surface area contributed by atoms with Crippen LogP contribution in [-0.4, -0.2) is 64.7 Å². The number of rotatable bonds is 4. The minimum atomic E-state index is -0.961. The maximum absolute atomic E-state index is 13.2. The van der Waals surface area contributed by atoms with Crippen molar-refractivity contribution in [3.63, 3.8) is 0 Å². The molecule has 0 radical (unpaired) electrons. The zero-order chi connectivity index (χ0) is 22.9. The topological polar surface area (TPSA) is 90.4 Å². The van der Waals surface area contributed by atoms with Crippen molar-refractivity contribution in [2.75, 3.05) is 25.0 Å². The second-order valence-corrected chi connectivity index (χ2v) is 8.33. The Morgan fingerprint density at radius 1 is 1.06 bits per heavy atom. The lowest BCUT2D eigenvalue weighted by Gasteiger charge is -2.43. The fourth-order valence-corrected chi connectivity index (χ4v) is 4.68. The summed E-state index contributed by atoms with van der Waals surface area (Å²) in [6, 6.07) is 16.6. The van der Waals surface area contributed by atoms with Crippen LogP contribution < -0.4 is 4.90 Å². The van der Waals surface area contributed by atoms with Gasteiger partial charge in [-0.15, -0.1) is 0 Å². The lowest BCUT2D eigenvalue weighted by molar-refractivity contribution is -0.133. The number of likely N-dealkylation sites (N-methyl/N-ethyl adjacent to an activating group) is 1. The highest BCUT2D eigenvalue weighted by Gasteiger charge is 2.56. The largest absolute Gasteiger partial charge is 0.465 e. The van der Waals surface area contributed by atoms with E-state index < -0.39 is 17.6 Å². The lowest BCUT2D eigenvalue weighted by Crippen LogP contribution is -2.57. The molecule has 1 N–H and O–H groups in total. The summed E-state index contributed by atoms with van der Waals surface area (Å²) in [5.74, 6) is -0.408. The van der Waals surface area contributed by atoms with Gasteiger partial charge in [-0.1, -0.05) is 30.3 Å². The number of anilines is 1. The molecule has 4 rings (SSSR count). The third-order valence-electron chi connectivity index (χ3n) is 6.57. The molecule has 2 aliphatic heterocycles. The number of hydrogen-bond acceptors (Lipinski definition) is 5. The van der Waals surface area contributed by atoms with E-state index in [1.54, 1.807) is 24.1 Å². The van der Waals surface area contributed by atoms with Gasteiger partial charge < -0.3 is 24.5 Å². The molecule has 2 aromatic carbocycles. The monoisotopic (exact) mass is 437 g/mol. The number of nitrogens with zero attached hydrogens (tertiary/aromatic N) is 3. The van der Waals surface area contributed by atoms with Crippen LogP contribution in [0.5, 0.6) is 0 Å². The van der Waals surface area contributed by atoms with E-state index in [4.69, 9.17) is 4.74 Å². The highest BCUT2D eigenvalue weighted by Crippen LogP contribution is 2.42. The van der Waals surface area contributed by atoms with Gasteiger partial charge in [0.2, 0.25) is 5.91 Å². The molecule has 1 atom stereocenters. The Bertz CT molecular complexity index is 1000. The number of carboxylic acid groups (broad SMARTS) is 1. The van der Waals surface area contributed by atoms with Crippen LogP contribution in [0.15, 0.2) is 54.6 Å². The van der Waals surface area contributed by atoms with Crippen molar-refractivity contribution >= 4 is 23.7 Å². The van der Waals surface area contributed by atoms with Crippen molar-refractivity contribution in [2.24, 2.45) is 0 Å². The van der Waals surface area contributed by atoms with Crippen molar-refractivity contribution in [1.82, 2.24) is 9.80 Å². The average Bonchev–Trinajstić information content (AvgIpc) is 2.99. The highest BCUT2D eigenvalue weighted by molar-refractivity contribution is 5.95. The first-order valence-corrected chi connectivity index (χ1v) is 10.7. The van der Waals surface area contributed by atoms with E-state index in [1.807, 2.05) is 49.4 Å². The fraction of sp³-hybridized carbons (Fsp3) is 0.375. The second kappa shape index (κ2) is 8.53. The predicted molar refractivity (Wildman–Crippen MR) is 118 cm³/mol. The molecular formula is C24H27N3O5. The average molecular weight is 437 g/mol. The normalized spacial score (nSPS) is 20.0. The van der Waals surface area contributed by atoms with E-state index in [9.17, 15) is 19.5 Å². The molecule has 0 aliphatic carbocycles. The van der Waals surface area contributed by atoms with E-state index >= 15 is 0 Å². The molecule has 2 aromatic rings. The molecule has 2 heterocycles. The Morgan fingerprint density at radius 2 is 1.69 bits per heavy atom. The number of hydrogen-bond donors (Lipinski definition) is 1. The molecule has 32 heavy (non-hydrogen) atoms. The van der Waals surface area contributed by atoms with Gasteiger partial charge in [-0.05, 0) is 49.6 Å². The smallest absolute Gasteiger partial charge is 0.407 e. The maximum Gasteiger partial charge on any atom is 0.407 e. The molecule has 2 aliphatic rings. The van der Waals surface area contributed by atoms with Gasteiger partial charge in [-0.25, -0.2) is 9.59 Å². The number of amides is 2. The van der Waals surface area contributed by atoms with Crippen LogP contribution in [0.25, 0.3) is 0 Å². The van der Waals surface area contributed by atoms with Crippen LogP contribution in [0.1, 0.15) is 35.7 Å². The van der Waals surface area contributed by atoms with Crippen LogP contribution in [0, 0.1) is 0 Å². The Hall–Kier alpha value is -3.55. The second-order valence-electron chi connectivity index (χ2n) is 8.33. The first kappa shape index (κ1) is 21.7. The van der Waals surface area contributed by atoms with E-state index in [-0.39, 0.29) is 18.7 Å². The van der Waals surface area contributed by atoms with Gasteiger partial charge in [-0.2, -0.15) is 0 Å². The Labute approximate surface area is 187 Å². The summed E-state index contributed by atoms with van der Waals surface area (Å²) in [6.07, 6.45) is -0.298. The summed E-state index contributed by atoms with van der Waals surface area (Å²) < 4.78 is 5.40. The molecule has 8 nitrogen and oxygen atoms in total. The SMILES string of the molecule is CC1N(C)C(=O)C2(CCN(C(=O)O)CC2)N1c1ccc(C(=O)OCc2ccccc2)cc1. The van der Waals surface area contributed by atoms with Crippen molar-refractivity contribution in [3.8, 4) is 0 Å². The van der Waals surface area contributed by atoms with Gasteiger partial charge in [0.15, 0.2) is 0 Å². The van der Waals surface area contributed by atoms with Gasteiger partial charge in [0, 0.05) is 25.8 Å². The van der Waals surface area contributed by atoms with Crippen molar-refractivity contribution in [3.05, 3.63) is 65.7 Å². The molecule has 0 saturated carbocycles. The van der Waals surface area contributed by atoms with E-state index in [0.29, 0.717) is 31.5 Å². The molecule has 2 amide bonds. The van der Waals surface area contributed by atoms with Crippen LogP contribution in [0.2, 0.25) is 0 Å². The van der Waals surface area contributed by atoms with E-state index in [1.165, 1.54) is 4.90 Å². The summed E-state index contributed by atoms with van der Waals surface area (Å²) >= 11 is 0. The standard InChI is InChI=1S/C24H27N3O5/c1-17-25(2)22(29)24(12-14-26(15-13-24)23(30)31)27(17)20-10-8-19(9-11-20)21(28)32-16-18-6-4-3-5-7-18/h3-11,17H,12-16H2,1-2H3,(H,30,31). The molecule has 0 aromatic heterocycles. The number of carbonyl (C=O) groups excluding carboxylic acids is 2. The number of esters is 1. The molecular weight excluding hydrogens is 410 g/mol. The quantitative estimate of drug-likeness (QED) is 0.739. The Kier molecular flexibility index (Phi) is 5.78. The minimum absolute atomic E-state index is 0.00128. The van der Waals surface area contributed by atoms with Gasteiger partial charge >= 0.3 is 12.1 Å². The zero-order valence-electron chi connectivity index (χ0n) is 18.2. The van der Waals surface area contributed by atoms with Gasteiger partial charge in [-0.3, -0.25) is 4.79 Å². The summed E-state index contributed by atoms with van der Waals surface area (Å²) in [7, 11) is 1.77. The van der Waals surface area contributed by atoms with Crippen molar-refractivity contribution in [1.29, 1.82) is 0 Å². The Balaban J connectivity index is 1.52. The number of benzene rings is 2. The van der Waals surface area contributed by atoms with Crippen LogP contribution >= 0.6 is 0 Å². The van der Waals surface area contributed by atoms with Gasteiger partial charge in [0.25, 0.3) is 0 Å². The first-order valence-electron chi connectivity index (χ1n) is 10.7. The third kappa shape index (κ3) is 3.77. The molecule has 0 bridgehead atoms. The first-order chi connectivity index (χ1) is 15.3. The third-order valence-corrected chi connectivity index (χ3v) is 6.57. The summed E-state index contributed by atoms with van der Waals surface area (Å²) in [5, 5.41) is 9.29. The number of ether oxygens (including phenoxy) is 1. The van der Waals surface area contributed by atoms with Gasteiger partial charge in [0.1, 0.15) is 18.3 Å². The minimum Gasteiger partial charge on any atom is -0.465 e. The fourth-order valence-electron chi connectivity index (χ4n) is 4.68. The predicted octanol–water partition coefficient (Wildman–Crippen LogP) is 3.18. The van der Waals surface area contributed by atoms with Crippen molar-refractivity contribution in [2.45, 2.75) is 38.1 Å². The maximum atomic E-state index is 13.2. The summed E-state index contributed by atoms with van der Waals surface area (Å²) in [4.78, 5) is 42.1. The highest BCUT2D eigenvalue weighted by atomic mass is 16.5. The van der Waals surface area contributed by atoms with E-state index in [2.05, 4.69) is 4.90 Å².